The van der Waals surface area contributed by atoms with E-state index < -0.39 is 17.8 Å². The molecule has 4 nitrogen and oxygen atoms in total. The number of benzene rings is 1. The molecule has 14 heavy (non-hydrogen) atoms. The Kier molecular flexibility index (Phi) is 3.07. The van der Waals surface area contributed by atoms with Gasteiger partial charge in [-0.1, -0.05) is 0 Å². The van der Waals surface area contributed by atoms with Gasteiger partial charge in [0.25, 0.3) is 0 Å². The van der Waals surface area contributed by atoms with Gasteiger partial charge in [-0.25, -0.2) is 4.39 Å². The largest absolute Gasteiger partial charge is 0.508 e. The molecule has 6 heteroatoms. The van der Waals surface area contributed by atoms with Crippen molar-refractivity contribution in [1.82, 2.24) is 0 Å². The van der Waals surface area contributed by atoms with Crippen LogP contribution in [0.3, 0.4) is 0 Å². The zero-order valence-electron chi connectivity index (χ0n) is 6.87. The summed E-state index contributed by atoms with van der Waals surface area (Å²) in [6, 6.07) is 0.517. The highest BCUT2D eigenvalue weighted by molar-refractivity contribution is 9.10. The van der Waals surface area contributed by atoms with Crippen molar-refractivity contribution in [3.63, 3.8) is 0 Å². The van der Waals surface area contributed by atoms with Crippen molar-refractivity contribution in [2.24, 2.45) is 5.73 Å². The zero-order chi connectivity index (χ0) is 10.9. The normalized spacial score (nSPS) is 12.5. The van der Waals surface area contributed by atoms with E-state index in [4.69, 9.17) is 10.8 Å². The smallest absolute Gasteiger partial charge is 0.325 e. The van der Waals surface area contributed by atoms with Crippen molar-refractivity contribution in [3.05, 3.63) is 28.0 Å². The van der Waals surface area contributed by atoms with E-state index in [1.54, 1.807) is 0 Å². The van der Waals surface area contributed by atoms with E-state index in [2.05, 4.69) is 15.9 Å². The Morgan fingerprint density at radius 3 is 2.64 bits per heavy atom. The number of aliphatic carboxylic acids is 1. The number of nitrogens with two attached hydrogens (primary N) is 1. The molecule has 1 rings (SSSR count). The molecule has 0 aliphatic carbocycles. The first-order valence-electron chi connectivity index (χ1n) is 3.59. The van der Waals surface area contributed by atoms with Crippen LogP contribution in [0.1, 0.15) is 11.6 Å². The molecule has 0 saturated carbocycles. The van der Waals surface area contributed by atoms with E-state index in [1.807, 2.05) is 0 Å². The minimum absolute atomic E-state index is 0.0522. The molecule has 0 radical (unpaired) electrons. The fourth-order valence-corrected chi connectivity index (χ4v) is 1.27. The summed E-state index contributed by atoms with van der Waals surface area (Å²) in [6.07, 6.45) is 0. The van der Waals surface area contributed by atoms with Gasteiger partial charge in [-0.3, -0.25) is 4.79 Å². The fourth-order valence-electron chi connectivity index (χ4n) is 0.934. The SMILES string of the molecule is NC(C(=O)O)c1cc(F)c(Br)cc1O. The lowest BCUT2D eigenvalue weighted by Crippen LogP contribution is -2.20. The van der Waals surface area contributed by atoms with Crippen molar-refractivity contribution in [1.29, 1.82) is 0 Å². The Morgan fingerprint density at radius 2 is 2.14 bits per heavy atom. The first-order valence-corrected chi connectivity index (χ1v) is 4.39. The monoisotopic (exact) mass is 263 g/mol. The number of rotatable bonds is 2. The Morgan fingerprint density at radius 1 is 1.57 bits per heavy atom. The van der Waals surface area contributed by atoms with Crippen LogP contribution in [0.4, 0.5) is 4.39 Å². The Labute approximate surface area is 87.3 Å². The van der Waals surface area contributed by atoms with E-state index in [1.165, 1.54) is 0 Å². The predicted octanol–water partition coefficient (Wildman–Crippen LogP) is 1.38. The molecule has 0 saturated heterocycles. The Hall–Kier alpha value is -1.14. The van der Waals surface area contributed by atoms with E-state index in [0.717, 1.165) is 12.1 Å². The molecule has 1 unspecified atom stereocenters. The first kappa shape index (κ1) is 10.9. The molecule has 0 bridgehead atoms. The van der Waals surface area contributed by atoms with Crippen LogP contribution in [0.15, 0.2) is 16.6 Å². The highest BCUT2D eigenvalue weighted by Crippen LogP contribution is 2.29. The number of carboxylic acid groups (broad SMARTS) is 1. The van der Waals surface area contributed by atoms with Crippen molar-refractivity contribution >= 4 is 21.9 Å². The Bertz CT molecular complexity index is 383. The van der Waals surface area contributed by atoms with E-state index in [9.17, 15) is 14.3 Å². The molecule has 0 spiro atoms. The average molecular weight is 264 g/mol. The summed E-state index contributed by atoms with van der Waals surface area (Å²) in [5, 5.41) is 17.8. The van der Waals surface area contributed by atoms with Crippen LogP contribution < -0.4 is 5.73 Å². The van der Waals surface area contributed by atoms with Gasteiger partial charge in [-0.2, -0.15) is 0 Å². The van der Waals surface area contributed by atoms with Crippen LogP contribution in [0.25, 0.3) is 0 Å². The van der Waals surface area contributed by atoms with Crippen LogP contribution in [0, 0.1) is 5.82 Å². The van der Waals surface area contributed by atoms with Gasteiger partial charge in [-0.05, 0) is 28.1 Å². The fraction of sp³-hybridized carbons (Fsp3) is 0.125. The van der Waals surface area contributed by atoms with Gasteiger partial charge < -0.3 is 15.9 Å². The van der Waals surface area contributed by atoms with Crippen LogP contribution >= 0.6 is 15.9 Å². The number of halogens is 2. The lowest BCUT2D eigenvalue weighted by Gasteiger charge is -2.09. The summed E-state index contributed by atoms with van der Waals surface area (Å²) in [6.45, 7) is 0. The van der Waals surface area contributed by atoms with E-state index >= 15 is 0 Å². The third-order valence-corrected chi connectivity index (χ3v) is 2.28. The third-order valence-electron chi connectivity index (χ3n) is 1.67. The summed E-state index contributed by atoms with van der Waals surface area (Å²) < 4.78 is 13.0. The molecule has 0 amide bonds. The van der Waals surface area contributed by atoms with Crippen molar-refractivity contribution in [2.45, 2.75) is 6.04 Å². The highest BCUT2D eigenvalue weighted by Gasteiger charge is 2.19. The van der Waals surface area contributed by atoms with E-state index in [-0.39, 0.29) is 15.8 Å². The van der Waals surface area contributed by atoms with Gasteiger partial charge in [0.1, 0.15) is 17.6 Å². The molecule has 76 valence electrons. The highest BCUT2D eigenvalue weighted by atomic mass is 79.9. The molecule has 0 aliphatic heterocycles. The van der Waals surface area contributed by atoms with Gasteiger partial charge in [0.05, 0.1) is 4.47 Å². The van der Waals surface area contributed by atoms with Gasteiger partial charge >= 0.3 is 5.97 Å². The summed E-state index contributed by atoms with van der Waals surface area (Å²) in [7, 11) is 0. The quantitative estimate of drug-likeness (QED) is 0.753. The molecule has 0 aliphatic rings. The van der Waals surface area contributed by atoms with Crippen LogP contribution in [-0.2, 0) is 4.79 Å². The van der Waals surface area contributed by atoms with Crippen molar-refractivity contribution in [3.8, 4) is 5.75 Å². The number of phenolic OH excluding ortho intramolecular Hbond substituents is 1. The molecule has 1 atom stereocenters. The van der Waals surface area contributed by atoms with Gasteiger partial charge in [0.2, 0.25) is 0 Å². The number of carboxylic acids is 1. The minimum Gasteiger partial charge on any atom is -0.508 e. The zero-order valence-corrected chi connectivity index (χ0v) is 8.45. The summed E-state index contributed by atoms with van der Waals surface area (Å²) in [5.41, 5.74) is 5.06. The maximum atomic E-state index is 13.0. The van der Waals surface area contributed by atoms with Crippen molar-refractivity contribution in [2.75, 3.05) is 0 Å². The van der Waals surface area contributed by atoms with Gasteiger partial charge in [0.15, 0.2) is 0 Å². The number of carbonyl (C=O) groups is 1. The average Bonchev–Trinajstić information content (AvgIpc) is 2.10. The van der Waals surface area contributed by atoms with Crippen LogP contribution in [0.5, 0.6) is 5.75 Å². The predicted molar refractivity (Wildman–Crippen MR) is 50.3 cm³/mol. The van der Waals surface area contributed by atoms with Crippen LogP contribution in [0.2, 0.25) is 0 Å². The van der Waals surface area contributed by atoms with Gasteiger partial charge in [0, 0.05) is 5.56 Å². The molecule has 0 aromatic heterocycles. The standard InChI is InChI=1S/C8H7BrFNO3/c9-4-2-6(12)3(1-5(4)10)7(11)8(13)14/h1-2,7,12H,11H2,(H,13,14). The third kappa shape index (κ3) is 2.02. The number of hydrogen-bond acceptors (Lipinski definition) is 3. The summed E-state index contributed by atoms with van der Waals surface area (Å²) in [4.78, 5) is 10.5. The lowest BCUT2D eigenvalue weighted by atomic mass is 10.1. The second-order valence-corrected chi connectivity index (χ2v) is 3.50. The maximum Gasteiger partial charge on any atom is 0.325 e. The second-order valence-electron chi connectivity index (χ2n) is 2.64. The second kappa shape index (κ2) is 3.93. The molecule has 1 aromatic carbocycles. The molecule has 4 N–H and O–H groups in total. The number of aromatic hydroxyl groups is 1. The minimum atomic E-state index is -1.43. The number of hydrogen-bond donors (Lipinski definition) is 3. The van der Waals surface area contributed by atoms with Crippen LogP contribution in [-0.4, -0.2) is 16.2 Å². The first-order chi connectivity index (χ1) is 6.43. The molecule has 0 fully saturated rings. The molecular weight excluding hydrogens is 257 g/mol. The molecule has 1 aromatic rings. The summed E-state index contributed by atoms with van der Waals surface area (Å²) >= 11 is 2.84. The molecular formula is C8H7BrFNO3. The molecule has 0 heterocycles. The summed E-state index contributed by atoms with van der Waals surface area (Å²) in [5.74, 6) is -2.36. The lowest BCUT2D eigenvalue weighted by molar-refractivity contribution is -0.138. The maximum absolute atomic E-state index is 13.0. The number of phenols is 1. The van der Waals surface area contributed by atoms with E-state index in [0.29, 0.717) is 0 Å². The Balaban J connectivity index is 3.22. The topological polar surface area (TPSA) is 83.6 Å². The van der Waals surface area contributed by atoms with Gasteiger partial charge in [-0.15, -0.1) is 0 Å². The van der Waals surface area contributed by atoms with Crippen molar-refractivity contribution < 1.29 is 19.4 Å².